The second-order valence-electron chi connectivity index (χ2n) is 4.41. The normalized spacial score (nSPS) is 19.8. The number of sulfonamides is 1. The van der Waals surface area contributed by atoms with E-state index in [-0.39, 0.29) is 24.2 Å². The fourth-order valence-corrected chi connectivity index (χ4v) is 4.02. The van der Waals surface area contributed by atoms with E-state index < -0.39 is 10.0 Å². The van der Waals surface area contributed by atoms with Crippen LogP contribution in [0.4, 0.5) is 0 Å². The molecule has 106 valence electrons. The first-order chi connectivity index (χ1) is 9.03. The lowest BCUT2D eigenvalue weighted by molar-refractivity contribution is 0.114. The van der Waals surface area contributed by atoms with Crippen LogP contribution in [0, 0.1) is 0 Å². The first kappa shape index (κ1) is 14.9. The SMILES string of the molecule is O=S(=O)(NCC1CCCO1)c1cc(CO)ccc1Br. The highest BCUT2D eigenvalue weighted by Gasteiger charge is 2.22. The molecule has 0 bridgehead atoms. The molecule has 7 heteroatoms. The van der Waals surface area contributed by atoms with Gasteiger partial charge in [-0.2, -0.15) is 0 Å². The molecular formula is C12H16BrNO4S. The van der Waals surface area contributed by atoms with E-state index in [1.54, 1.807) is 12.1 Å². The molecule has 0 aromatic heterocycles. The van der Waals surface area contributed by atoms with Gasteiger partial charge in [0.25, 0.3) is 0 Å². The third kappa shape index (κ3) is 3.76. The van der Waals surface area contributed by atoms with E-state index in [1.807, 2.05) is 0 Å². The molecule has 1 atom stereocenters. The maximum absolute atomic E-state index is 12.2. The van der Waals surface area contributed by atoms with Crippen molar-refractivity contribution >= 4 is 26.0 Å². The van der Waals surface area contributed by atoms with Crippen LogP contribution in [0.5, 0.6) is 0 Å². The molecule has 1 aromatic rings. The van der Waals surface area contributed by atoms with Crippen LogP contribution in [0.25, 0.3) is 0 Å². The number of hydrogen-bond acceptors (Lipinski definition) is 4. The average molecular weight is 350 g/mol. The van der Waals surface area contributed by atoms with E-state index in [9.17, 15) is 8.42 Å². The first-order valence-electron chi connectivity index (χ1n) is 6.03. The van der Waals surface area contributed by atoms with Crippen molar-refractivity contribution in [3.05, 3.63) is 28.2 Å². The van der Waals surface area contributed by atoms with Crippen LogP contribution >= 0.6 is 15.9 Å². The quantitative estimate of drug-likeness (QED) is 0.842. The van der Waals surface area contributed by atoms with Gasteiger partial charge in [0, 0.05) is 17.6 Å². The lowest BCUT2D eigenvalue weighted by Crippen LogP contribution is -2.32. The van der Waals surface area contributed by atoms with Crippen LogP contribution in [0.3, 0.4) is 0 Å². The van der Waals surface area contributed by atoms with Crippen molar-refractivity contribution in [2.75, 3.05) is 13.2 Å². The van der Waals surface area contributed by atoms with Gasteiger partial charge in [-0.1, -0.05) is 6.07 Å². The Hall–Kier alpha value is -0.470. The summed E-state index contributed by atoms with van der Waals surface area (Å²) in [5, 5.41) is 9.07. The zero-order valence-corrected chi connectivity index (χ0v) is 12.7. The number of halogens is 1. The predicted octanol–water partition coefficient (Wildman–Crippen LogP) is 1.40. The molecule has 0 radical (unpaired) electrons. The Bertz CT molecular complexity index is 541. The number of hydrogen-bond donors (Lipinski definition) is 2. The Balaban J connectivity index is 2.13. The third-order valence-electron chi connectivity index (χ3n) is 2.99. The third-order valence-corrected chi connectivity index (χ3v) is 5.41. The van der Waals surface area contributed by atoms with Gasteiger partial charge in [-0.3, -0.25) is 0 Å². The highest BCUT2D eigenvalue weighted by atomic mass is 79.9. The minimum atomic E-state index is -3.60. The molecular weight excluding hydrogens is 334 g/mol. The Morgan fingerprint density at radius 3 is 2.89 bits per heavy atom. The van der Waals surface area contributed by atoms with Gasteiger partial charge >= 0.3 is 0 Å². The van der Waals surface area contributed by atoms with Crippen LogP contribution in [0.15, 0.2) is 27.6 Å². The zero-order valence-electron chi connectivity index (χ0n) is 10.3. The predicted molar refractivity (Wildman–Crippen MR) is 74.2 cm³/mol. The average Bonchev–Trinajstić information content (AvgIpc) is 2.90. The van der Waals surface area contributed by atoms with Gasteiger partial charge in [-0.05, 0) is 46.5 Å². The summed E-state index contributed by atoms with van der Waals surface area (Å²) in [4.78, 5) is 0.136. The molecule has 1 aliphatic heterocycles. The molecule has 0 amide bonds. The van der Waals surface area contributed by atoms with Crippen LogP contribution in [-0.4, -0.2) is 32.8 Å². The van der Waals surface area contributed by atoms with Crippen LogP contribution < -0.4 is 4.72 Å². The van der Waals surface area contributed by atoms with Crippen molar-refractivity contribution < 1.29 is 18.3 Å². The van der Waals surface area contributed by atoms with Crippen molar-refractivity contribution in [2.45, 2.75) is 30.4 Å². The Morgan fingerprint density at radius 2 is 2.26 bits per heavy atom. The molecule has 1 saturated heterocycles. The molecule has 1 unspecified atom stereocenters. The van der Waals surface area contributed by atoms with Gasteiger partial charge in [0.15, 0.2) is 0 Å². The summed E-state index contributed by atoms with van der Waals surface area (Å²) < 4.78 is 32.8. The molecule has 5 nitrogen and oxygen atoms in total. The van der Waals surface area contributed by atoms with Crippen molar-refractivity contribution in [1.82, 2.24) is 4.72 Å². The summed E-state index contributed by atoms with van der Waals surface area (Å²) in [6, 6.07) is 4.75. The summed E-state index contributed by atoms with van der Waals surface area (Å²) >= 11 is 3.22. The van der Waals surface area contributed by atoms with Crippen molar-refractivity contribution in [2.24, 2.45) is 0 Å². The van der Waals surface area contributed by atoms with Gasteiger partial charge in [-0.15, -0.1) is 0 Å². The van der Waals surface area contributed by atoms with E-state index in [2.05, 4.69) is 20.7 Å². The summed E-state index contributed by atoms with van der Waals surface area (Å²) in [6.07, 6.45) is 1.80. The van der Waals surface area contributed by atoms with Crippen molar-refractivity contribution in [3.8, 4) is 0 Å². The van der Waals surface area contributed by atoms with Gasteiger partial charge in [-0.25, -0.2) is 13.1 Å². The minimum Gasteiger partial charge on any atom is -0.392 e. The van der Waals surface area contributed by atoms with Gasteiger partial charge in [0.05, 0.1) is 17.6 Å². The van der Waals surface area contributed by atoms with E-state index >= 15 is 0 Å². The summed E-state index contributed by atoms with van der Waals surface area (Å²) in [6.45, 7) is 0.774. The molecule has 2 rings (SSSR count). The molecule has 1 heterocycles. The standard InChI is InChI=1S/C12H16BrNO4S/c13-11-4-3-9(8-15)6-12(11)19(16,17)14-7-10-2-1-5-18-10/h3-4,6,10,14-15H,1-2,5,7-8H2. The highest BCUT2D eigenvalue weighted by Crippen LogP contribution is 2.23. The smallest absolute Gasteiger partial charge is 0.241 e. The zero-order chi connectivity index (χ0) is 13.9. The maximum Gasteiger partial charge on any atom is 0.241 e. The number of aliphatic hydroxyl groups excluding tert-OH is 1. The lowest BCUT2D eigenvalue weighted by atomic mass is 10.2. The Labute approximate surface area is 121 Å². The largest absolute Gasteiger partial charge is 0.392 e. The van der Waals surface area contributed by atoms with E-state index in [1.165, 1.54) is 6.07 Å². The lowest BCUT2D eigenvalue weighted by Gasteiger charge is -2.13. The van der Waals surface area contributed by atoms with Crippen LogP contribution in [-0.2, 0) is 21.4 Å². The fraction of sp³-hybridized carbons (Fsp3) is 0.500. The summed E-state index contributed by atoms with van der Waals surface area (Å²) in [5.74, 6) is 0. The molecule has 2 N–H and O–H groups in total. The second kappa shape index (κ2) is 6.32. The van der Waals surface area contributed by atoms with Gasteiger partial charge in [0.1, 0.15) is 0 Å². The molecule has 19 heavy (non-hydrogen) atoms. The number of nitrogens with one attached hydrogen (secondary N) is 1. The Morgan fingerprint density at radius 1 is 1.47 bits per heavy atom. The molecule has 0 spiro atoms. The minimum absolute atomic E-state index is 0.0467. The number of aliphatic hydroxyl groups is 1. The Kier molecular flexibility index (Phi) is 4.97. The van der Waals surface area contributed by atoms with Crippen molar-refractivity contribution in [3.63, 3.8) is 0 Å². The second-order valence-corrected chi connectivity index (χ2v) is 7.00. The number of benzene rings is 1. The molecule has 1 aliphatic rings. The molecule has 0 saturated carbocycles. The monoisotopic (exact) mass is 349 g/mol. The van der Waals surface area contributed by atoms with Crippen LogP contribution in [0.2, 0.25) is 0 Å². The highest BCUT2D eigenvalue weighted by molar-refractivity contribution is 9.10. The van der Waals surface area contributed by atoms with Crippen LogP contribution in [0.1, 0.15) is 18.4 Å². The first-order valence-corrected chi connectivity index (χ1v) is 8.31. The number of rotatable bonds is 5. The summed E-state index contributed by atoms with van der Waals surface area (Å²) in [5.41, 5.74) is 0.556. The topological polar surface area (TPSA) is 75.6 Å². The van der Waals surface area contributed by atoms with E-state index in [0.29, 0.717) is 16.6 Å². The molecule has 0 aliphatic carbocycles. The van der Waals surface area contributed by atoms with Gasteiger partial charge in [0.2, 0.25) is 10.0 Å². The van der Waals surface area contributed by atoms with Gasteiger partial charge < -0.3 is 9.84 Å². The van der Waals surface area contributed by atoms with Crippen molar-refractivity contribution in [1.29, 1.82) is 0 Å². The summed E-state index contributed by atoms with van der Waals surface area (Å²) in [7, 11) is -3.60. The fourth-order valence-electron chi connectivity index (χ4n) is 1.94. The number of ether oxygens (including phenoxy) is 1. The van der Waals surface area contributed by atoms with E-state index in [0.717, 1.165) is 12.8 Å². The van der Waals surface area contributed by atoms with E-state index in [4.69, 9.17) is 9.84 Å². The molecule has 1 fully saturated rings. The molecule has 1 aromatic carbocycles. The maximum atomic E-state index is 12.2.